The number of anilines is 2. The SMILES string of the molecule is CNc1cc(C(F)(c2ccc(O)c(NC(=O)c3cccc(C(C)=O)c3)c2)C(F)(F)F)ccc1O. The van der Waals surface area contributed by atoms with Crippen molar-refractivity contribution in [1.82, 2.24) is 0 Å². The van der Waals surface area contributed by atoms with Crippen molar-refractivity contribution >= 4 is 23.1 Å². The van der Waals surface area contributed by atoms with E-state index in [4.69, 9.17) is 0 Å². The highest BCUT2D eigenvalue weighted by atomic mass is 19.4. The van der Waals surface area contributed by atoms with Crippen molar-refractivity contribution in [2.75, 3.05) is 17.7 Å². The van der Waals surface area contributed by atoms with E-state index in [1.54, 1.807) is 0 Å². The third kappa shape index (κ3) is 4.52. The van der Waals surface area contributed by atoms with Crippen LogP contribution >= 0.6 is 0 Å². The molecule has 0 aliphatic carbocycles. The monoisotopic (exact) mass is 476 g/mol. The molecule has 3 rings (SSSR count). The van der Waals surface area contributed by atoms with Gasteiger partial charge in [0.2, 0.25) is 0 Å². The Kier molecular flexibility index (Phi) is 6.53. The van der Waals surface area contributed by atoms with Gasteiger partial charge >= 0.3 is 6.18 Å². The minimum atomic E-state index is -5.43. The summed E-state index contributed by atoms with van der Waals surface area (Å²) in [5.74, 6) is -2.09. The molecule has 0 aromatic heterocycles. The number of benzene rings is 3. The lowest BCUT2D eigenvalue weighted by atomic mass is 9.86. The standard InChI is InChI=1S/C24H20F4N2O4/c1-13(31)14-4-3-5-15(10-14)22(34)30-19-12-17(7-9-21(19)33)23(25,24(26,27)28)16-6-8-20(32)18(11-16)29-2/h3-12,29,32-33H,1-2H3,(H,30,34). The first-order chi connectivity index (χ1) is 15.9. The van der Waals surface area contributed by atoms with Gasteiger partial charge < -0.3 is 20.8 Å². The number of ketones is 1. The maximum atomic E-state index is 15.9. The average Bonchev–Trinajstić information content (AvgIpc) is 2.79. The van der Waals surface area contributed by atoms with Crippen LogP contribution in [0.1, 0.15) is 38.8 Å². The van der Waals surface area contributed by atoms with E-state index in [1.165, 1.54) is 38.2 Å². The Hall–Kier alpha value is -4.08. The molecule has 0 heterocycles. The van der Waals surface area contributed by atoms with Crippen LogP contribution in [0.5, 0.6) is 11.5 Å². The lowest BCUT2D eigenvalue weighted by Gasteiger charge is -2.30. The summed E-state index contributed by atoms with van der Waals surface area (Å²) >= 11 is 0. The number of alkyl halides is 4. The zero-order valence-corrected chi connectivity index (χ0v) is 18.0. The summed E-state index contributed by atoms with van der Waals surface area (Å²) in [4.78, 5) is 24.1. The van der Waals surface area contributed by atoms with E-state index in [-0.39, 0.29) is 28.3 Å². The van der Waals surface area contributed by atoms with E-state index < -0.39 is 40.3 Å². The summed E-state index contributed by atoms with van der Waals surface area (Å²) < 4.78 is 58.0. The summed E-state index contributed by atoms with van der Waals surface area (Å²) in [6, 6.07) is 10.4. The molecule has 0 saturated carbocycles. The number of rotatable bonds is 6. The number of hydrogen-bond acceptors (Lipinski definition) is 5. The molecule has 0 fully saturated rings. The zero-order chi connectivity index (χ0) is 25.3. The lowest BCUT2D eigenvalue weighted by Crippen LogP contribution is -2.39. The van der Waals surface area contributed by atoms with E-state index in [0.29, 0.717) is 6.07 Å². The van der Waals surface area contributed by atoms with Gasteiger partial charge in [0.25, 0.3) is 11.6 Å². The number of phenolic OH excluding ortho intramolecular Hbond substituents is 2. The molecule has 10 heteroatoms. The summed E-state index contributed by atoms with van der Waals surface area (Å²) in [7, 11) is 1.35. The van der Waals surface area contributed by atoms with Crippen molar-refractivity contribution in [2.45, 2.75) is 18.8 Å². The lowest BCUT2D eigenvalue weighted by molar-refractivity contribution is -0.219. The Morgan fingerprint density at radius 1 is 0.794 bits per heavy atom. The Labute approximate surface area is 191 Å². The second-order valence-corrected chi connectivity index (χ2v) is 7.46. The van der Waals surface area contributed by atoms with Gasteiger partial charge in [-0.1, -0.05) is 24.3 Å². The number of halogens is 4. The average molecular weight is 476 g/mol. The predicted molar refractivity (Wildman–Crippen MR) is 118 cm³/mol. The van der Waals surface area contributed by atoms with Gasteiger partial charge in [-0.25, -0.2) is 4.39 Å². The molecule has 178 valence electrons. The van der Waals surface area contributed by atoms with Crippen LogP contribution in [0, 0.1) is 0 Å². The smallest absolute Gasteiger partial charge is 0.431 e. The Bertz CT molecular complexity index is 1260. The molecule has 1 atom stereocenters. The molecular formula is C24H20F4N2O4. The number of Topliss-reactive ketones (excluding diaryl/α,β-unsaturated/α-hetero) is 1. The van der Waals surface area contributed by atoms with Gasteiger partial charge in [0.1, 0.15) is 11.5 Å². The van der Waals surface area contributed by atoms with Crippen molar-refractivity contribution < 1.29 is 37.4 Å². The van der Waals surface area contributed by atoms with Crippen molar-refractivity contribution in [3.8, 4) is 11.5 Å². The molecule has 3 aromatic carbocycles. The van der Waals surface area contributed by atoms with Crippen LogP contribution in [0.3, 0.4) is 0 Å². The molecule has 0 spiro atoms. The van der Waals surface area contributed by atoms with Gasteiger partial charge in [0.05, 0.1) is 11.4 Å². The summed E-state index contributed by atoms with van der Waals surface area (Å²) in [5.41, 5.74) is -6.10. The van der Waals surface area contributed by atoms with E-state index in [2.05, 4.69) is 10.6 Å². The highest BCUT2D eigenvalue weighted by molar-refractivity contribution is 6.06. The van der Waals surface area contributed by atoms with Crippen LogP contribution in [-0.4, -0.2) is 35.1 Å². The Morgan fingerprint density at radius 2 is 1.32 bits per heavy atom. The second-order valence-electron chi connectivity index (χ2n) is 7.46. The fourth-order valence-corrected chi connectivity index (χ4v) is 3.37. The molecular weight excluding hydrogens is 456 g/mol. The minimum absolute atomic E-state index is 0.0111. The normalized spacial score (nSPS) is 13.1. The number of hydrogen-bond donors (Lipinski definition) is 4. The van der Waals surface area contributed by atoms with Gasteiger partial charge in [-0.3, -0.25) is 9.59 Å². The third-order valence-electron chi connectivity index (χ3n) is 5.23. The summed E-state index contributed by atoms with van der Waals surface area (Å²) in [6.07, 6.45) is -5.43. The van der Waals surface area contributed by atoms with Crippen molar-refractivity contribution in [3.05, 3.63) is 82.9 Å². The molecule has 0 saturated heterocycles. The highest BCUT2D eigenvalue weighted by Crippen LogP contribution is 2.50. The van der Waals surface area contributed by atoms with Crippen LogP contribution in [-0.2, 0) is 5.67 Å². The number of aromatic hydroxyl groups is 2. The maximum Gasteiger partial charge on any atom is 0.431 e. The number of phenols is 2. The molecule has 0 radical (unpaired) electrons. The molecule has 0 bridgehead atoms. The molecule has 4 N–H and O–H groups in total. The van der Waals surface area contributed by atoms with E-state index in [1.807, 2.05) is 0 Å². The first-order valence-electron chi connectivity index (χ1n) is 9.91. The first kappa shape index (κ1) is 24.6. The zero-order valence-electron chi connectivity index (χ0n) is 18.0. The van der Waals surface area contributed by atoms with Crippen LogP contribution in [0.4, 0.5) is 28.9 Å². The largest absolute Gasteiger partial charge is 0.506 e. The third-order valence-corrected chi connectivity index (χ3v) is 5.23. The van der Waals surface area contributed by atoms with Crippen LogP contribution in [0.2, 0.25) is 0 Å². The van der Waals surface area contributed by atoms with Crippen molar-refractivity contribution in [3.63, 3.8) is 0 Å². The van der Waals surface area contributed by atoms with Crippen LogP contribution in [0.15, 0.2) is 60.7 Å². The van der Waals surface area contributed by atoms with Gasteiger partial charge in [-0.15, -0.1) is 0 Å². The van der Waals surface area contributed by atoms with Gasteiger partial charge in [0, 0.05) is 29.3 Å². The fourth-order valence-electron chi connectivity index (χ4n) is 3.37. The first-order valence-corrected chi connectivity index (χ1v) is 9.91. The number of carbonyl (C=O) groups excluding carboxylic acids is 2. The highest BCUT2D eigenvalue weighted by Gasteiger charge is 2.58. The maximum absolute atomic E-state index is 15.9. The Balaban J connectivity index is 2.07. The minimum Gasteiger partial charge on any atom is -0.506 e. The van der Waals surface area contributed by atoms with Crippen molar-refractivity contribution in [2.24, 2.45) is 0 Å². The van der Waals surface area contributed by atoms with E-state index >= 15 is 4.39 Å². The molecule has 3 aromatic rings. The number of amides is 1. The van der Waals surface area contributed by atoms with Crippen LogP contribution in [0.25, 0.3) is 0 Å². The summed E-state index contributed by atoms with van der Waals surface area (Å²) in [5, 5.41) is 24.6. The van der Waals surface area contributed by atoms with Crippen LogP contribution < -0.4 is 10.6 Å². The molecule has 0 aliphatic rings. The number of carbonyl (C=O) groups is 2. The van der Waals surface area contributed by atoms with Gasteiger partial charge in [-0.05, 0) is 43.3 Å². The fraction of sp³-hybridized carbons (Fsp3) is 0.167. The molecule has 6 nitrogen and oxygen atoms in total. The topological polar surface area (TPSA) is 98.7 Å². The van der Waals surface area contributed by atoms with Crippen molar-refractivity contribution in [1.29, 1.82) is 0 Å². The molecule has 1 amide bonds. The van der Waals surface area contributed by atoms with E-state index in [0.717, 1.165) is 30.3 Å². The number of nitrogens with one attached hydrogen (secondary N) is 2. The Morgan fingerprint density at radius 3 is 1.85 bits per heavy atom. The van der Waals surface area contributed by atoms with Gasteiger partial charge in [0.15, 0.2) is 5.78 Å². The molecule has 1 unspecified atom stereocenters. The molecule has 0 aliphatic heterocycles. The molecule has 34 heavy (non-hydrogen) atoms. The van der Waals surface area contributed by atoms with Gasteiger partial charge in [-0.2, -0.15) is 13.2 Å². The second kappa shape index (κ2) is 9.05. The summed E-state index contributed by atoms with van der Waals surface area (Å²) in [6.45, 7) is 1.30. The predicted octanol–water partition coefficient (Wildman–Crippen LogP) is 5.37. The quantitative estimate of drug-likeness (QED) is 0.218. The van der Waals surface area contributed by atoms with E-state index in [9.17, 15) is 33.0 Å².